The smallest absolute Gasteiger partial charge is 0.159 e. The van der Waals surface area contributed by atoms with Gasteiger partial charge in [-0.2, -0.15) is 0 Å². The fraction of sp³-hybridized carbons (Fsp3) is 0.381. The minimum absolute atomic E-state index is 0.101. The van der Waals surface area contributed by atoms with E-state index >= 15 is 0 Å². The molecule has 4 rings (SSSR count). The number of ether oxygens (including phenoxy) is 2. The summed E-state index contributed by atoms with van der Waals surface area (Å²) in [5.74, 6) is 0.756. The number of halogens is 2. The van der Waals surface area contributed by atoms with E-state index in [9.17, 15) is 0 Å². The minimum atomic E-state index is -0.288. The van der Waals surface area contributed by atoms with Gasteiger partial charge in [0, 0.05) is 35.4 Å². The highest BCUT2D eigenvalue weighted by atomic mass is 35.5. The van der Waals surface area contributed by atoms with Crippen LogP contribution in [0.5, 0.6) is 0 Å². The number of aromatic nitrogens is 2. The predicted molar refractivity (Wildman–Crippen MR) is 107 cm³/mol. The van der Waals surface area contributed by atoms with E-state index < -0.39 is 0 Å². The first kappa shape index (κ1) is 19.5. The molecule has 1 aromatic carbocycles. The van der Waals surface area contributed by atoms with E-state index in [0.717, 1.165) is 37.1 Å². The third kappa shape index (κ3) is 4.97. The summed E-state index contributed by atoms with van der Waals surface area (Å²) in [6.45, 7) is 0.772. The van der Waals surface area contributed by atoms with Crippen LogP contribution in [0.1, 0.15) is 36.7 Å². The highest BCUT2D eigenvalue weighted by molar-refractivity contribution is 6.35. The quantitative estimate of drug-likeness (QED) is 0.493. The van der Waals surface area contributed by atoms with Crippen molar-refractivity contribution >= 4 is 23.2 Å². The van der Waals surface area contributed by atoms with Gasteiger partial charge in [-0.3, -0.25) is 0 Å². The Morgan fingerprint density at radius 2 is 2.18 bits per heavy atom. The summed E-state index contributed by atoms with van der Waals surface area (Å²) in [7, 11) is 0. The van der Waals surface area contributed by atoms with E-state index in [1.165, 1.54) is 0 Å². The lowest BCUT2D eigenvalue weighted by molar-refractivity contribution is -0.221. The second-order valence-electron chi connectivity index (χ2n) is 6.96. The molecular weight excluding hydrogens is 399 g/mol. The molecule has 28 heavy (non-hydrogen) atoms. The average Bonchev–Trinajstić information content (AvgIpc) is 3.37. The molecule has 148 valence electrons. The molecule has 1 aliphatic rings. The summed E-state index contributed by atoms with van der Waals surface area (Å²) in [6, 6.07) is 9.28. The van der Waals surface area contributed by atoms with Crippen LogP contribution >= 0.6 is 23.2 Å². The number of hydrogen-bond acceptors (Lipinski definition) is 4. The van der Waals surface area contributed by atoms with Crippen molar-refractivity contribution in [3.63, 3.8) is 0 Å². The summed E-state index contributed by atoms with van der Waals surface area (Å²) < 4.78 is 20.2. The maximum absolute atomic E-state index is 6.37. The molecule has 3 aromatic rings. The SMILES string of the molecule is Clc1ccc(CC(OC2CCCC(Cn3ccnc3)O2)c2ccco2)c(Cl)c1. The molecule has 1 aliphatic heterocycles. The Kier molecular flexibility index (Phi) is 6.37. The standard InChI is InChI=1S/C21H22Cl2N2O3/c22-16-7-6-15(18(23)12-16)11-20(19-4-2-10-26-19)28-21-5-1-3-17(27-21)13-25-9-8-24-14-25/h2,4,6-10,12,14,17,20-21H,1,3,5,11,13H2. The third-order valence-corrected chi connectivity index (χ3v) is 5.47. The molecule has 1 saturated heterocycles. The van der Waals surface area contributed by atoms with E-state index in [1.54, 1.807) is 18.5 Å². The van der Waals surface area contributed by atoms with Crippen molar-refractivity contribution in [3.8, 4) is 0 Å². The molecular formula is C21H22Cl2N2O3. The average molecular weight is 421 g/mol. The molecule has 7 heteroatoms. The van der Waals surface area contributed by atoms with Gasteiger partial charge in [-0.25, -0.2) is 4.98 Å². The van der Waals surface area contributed by atoms with Crippen LogP contribution in [0.2, 0.25) is 10.0 Å². The molecule has 0 radical (unpaired) electrons. The number of hydrogen-bond donors (Lipinski definition) is 0. The summed E-state index contributed by atoms with van der Waals surface area (Å²) in [5, 5.41) is 1.23. The van der Waals surface area contributed by atoms with E-state index in [1.807, 2.05) is 41.4 Å². The van der Waals surface area contributed by atoms with Crippen LogP contribution < -0.4 is 0 Å². The highest BCUT2D eigenvalue weighted by Gasteiger charge is 2.28. The second kappa shape index (κ2) is 9.14. The maximum Gasteiger partial charge on any atom is 0.159 e. The van der Waals surface area contributed by atoms with Crippen LogP contribution in [0.3, 0.4) is 0 Å². The first-order valence-electron chi connectivity index (χ1n) is 9.41. The number of rotatable bonds is 7. The molecule has 0 N–H and O–H groups in total. The van der Waals surface area contributed by atoms with E-state index in [2.05, 4.69) is 4.98 Å². The van der Waals surface area contributed by atoms with Gasteiger partial charge >= 0.3 is 0 Å². The molecule has 3 heterocycles. The Bertz CT molecular complexity index is 868. The van der Waals surface area contributed by atoms with E-state index in [-0.39, 0.29) is 18.5 Å². The van der Waals surface area contributed by atoms with Gasteiger partial charge in [0.25, 0.3) is 0 Å². The summed E-state index contributed by atoms with van der Waals surface area (Å²) in [4.78, 5) is 4.09. The highest BCUT2D eigenvalue weighted by Crippen LogP contribution is 2.32. The van der Waals surface area contributed by atoms with Crippen LogP contribution in [-0.2, 0) is 22.4 Å². The number of furan rings is 1. The topological polar surface area (TPSA) is 49.4 Å². The molecule has 0 bridgehead atoms. The number of nitrogens with zero attached hydrogens (tertiary/aromatic N) is 2. The van der Waals surface area contributed by atoms with Crippen LogP contribution in [0.25, 0.3) is 0 Å². The van der Waals surface area contributed by atoms with Gasteiger partial charge in [0.05, 0.1) is 18.7 Å². The summed E-state index contributed by atoms with van der Waals surface area (Å²) >= 11 is 12.4. The first-order chi connectivity index (χ1) is 13.7. The van der Waals surface area contributed by atoms with Crippen LogP contribution in [0.15, 0.2) is 59.7 Å². The minimum Gasteiger partial charge on any atom is -0.467 e. The third-order valence-electron chi connectivity index (χ3n) is 4.88. The molecule has 0 spiro atoms. The number of benzene rings is 1. The second-order valence-corrected chi connectivity index (χ2v) is 7.80. The molecule has 2 aromatic heterocycles. The molecule has 3 unspecified atom stereocenters. The Morgan fingerprint density at radius 3 is 2.93 bits per heavy atom. The van der Waals surface area contributed by atoms with Gasteiger partial charge in [0.1, 0.15) is 11.9 Å². The fourth-order valence-electron chi connectivity index (χ4n) is 3.49. The van der Waals surface area contributed by atoms with Gasteiger partial charge in [-0.05, 0) is 49.1 Å². The van der Waals surface area contributed by atoms with Crippen molar-refractivity contribution in [2.24, 2.45) is 0 Å². The fourth-order valence-corrected chi connectivity index (χ4v) is 3.97. The molecule has 0 saturated carbocycles. The molecule has 5 nitrogen and oxygen atoms in total. The van der Waals surface area contributed by atoms with Crippen LogP contribution in [0.4, 0.5) is 0 Å². The van der Waals surface area contributed by atoms with Crippen LogP contribution in [0, 0.1) is 0 Å². The van der Waals surface area contributed by atoms with Crippen molar-refractivity contribution in [1.29, 1.82) is 0 Å². The van der Waals surface area contributed by atoms with Crippen molar-refractivity contribution in [2.75, 3.05) is 0 Å². The van der Waals surface area contributed by atoms with E-state index in [4.69, 9.17) is 37.1 Å². The number of imidazole rings is 1. The van der Waals surface area contributed by atoms with Gasteiger partial charge in [0.15, 0.2) is 6.29 Å². The van der Waals surface area contributed by atoms with Gasteiger partial charge < -0.3 is 18.5 Å². The van der Waals surface area contributed by atoms with Crippen molar-refractivity contribution in [2.45, 2.75) is 50.7 Å². The zero-order valence-corrected chi connectivity index (χ0v) is 16.9. The maximum atomic E-state index is 6.37. The predicted octanol–water partition coefficient (Wildman–Crippen LogP) is 5.68. The summed E-state index contributed by atoms with van der Waals surface area (Å²) in [5.41, 5.74) is 0.957. The largest absolute Gasteiger partial charge is 0.467 e. The Balaban J connectivity index is 1.45. The zero-order chi connectivity index (χ0) is 19.3. The monoisotopic (exact) mass is 420 g/mol. The Morgan fingerprint density at radius 1 is 1.25 bits per heavy atom. The lowest BCUT2D eigenvalue weighted by Gasteiger charge is -2.32. The van der Waals surface area contributed by atoms with Gasteiger partial charge in [0.2, 0.25) is 0 Å². The molecule has 0 aliphatic carbocycles. The summed E-state index contributed by atoms with van der Waals surface area (Å²) in [6.07, 6.45) is 10.2. The van der Waals surface area contributed by atoms with Crippen LogP contribution in [-0.4, -0.2) is 21.9 Å². The van der Waals surface area contributed by atoms with Crippen molar-refractivity contribution in [3.05, 3.63) is 76.7 Å². The molecule has 0 amide bonds. The van der Waals surface area contributed by atoms with Gasteiger partial charge in [-0.1, -0.05) is 29.3 Å². The molecule has 1 fully saturated rings. The Labute approximate surface area is 174 Å². The lowest BCUT2D eigenvalue weighted by atomic mass is 10.1. The molecule has 3 atom stereocenters. The normalized spacial score (nSPS) is 20.9. The lowest BCUT2D eigenvalue weighted by Crippen LogP contribution is -2.33. The van der Waals surface area contributed by atoms with Crippen molar-refractivity contribution < 1.29 is 13.9 Å². The Hall–Kier alpha value is -1.79. The zero-order valence-electron chi connectivity index (χ0n) is 15.3. The van der Waals surface area contributed by atoms with Crippen molar-refractivity contribution in [1.82, 2.24) is 9.55 Å². The first-order valence-corrected chi connectivity index (χ1v) is 10.2. The van der Waals surface area contributed by atoms with E-state index in [0.29, 0.717) is 16.5 Å². The van der Waals surface area contributed by atoms with Gasteiger partial charge in [-0.15, -0.1) is 0 Å².